The molecule has 2 aliphatic rings. The van der Waals surface area contributed by atoms with Crippen molar-refractivity contribution < 1.29 is 9.59 Å². The summed E-state index contributed by atoms with van der Waals surface area (Å²) in [6.07, 6.45) is 3.35. The van der Waals surface area contributed by atoms with E-state index in [4.69, 9.17) is 0 Å². The van der Waals surface area contributed by atoms with Crippen molar-refractivity contribution in [3.8, 4) is 0 Å². The summed E-state index contributed by atoms with van der Waals surface area (Å²) in [7, 11) is 0. The summed E-state index contributed by atoms with van der Waals surface area (Å²) in [5, 5.41) is 5.43. The van der Waals surface area contributed by atoms with Crippen LogP contribution in [-0.2, 0) is 17.9 Å². The molecule has 1 aliphatic heterocycles. The van der Waals surface area contributed by atoms with E-state index in [1.54, 1.807) is 16.2 Å². The highest BCUT2D eigenvalue weighted by molar-refractivity contribution is 7.17. The second kappa shape index (κ2) is 8.32. The largest absolute Gasteiger partial charge is 0.351 e. The highest BCUT2D eigenvalue weighted by atomic mass is 32.1. The van der Waals surface area contributed by atoms with Crippen LogP contribution in [0.15, 0.2) is 41.8 Å². The van der Waals surface area contributed by atoms with Gasteiger partial charge in [0.05, 0.1) is 16.8 Å². The number of carbonyl (C=O) groups is 2. The summed E-state index contributed by atoms with van der Waals surface area (Å²) in [4.78, 5) is 29.6. The lowest BCUT2D eigenvalue weighted by Crippen LogP contribution is -2.65. The van der Waals surface area contributed by atoms with Crippen LogP contribution in [0.4, 0.5) is 0 Å². The van der Waals surface area contributed by atoms with Crippen molar-refractivity contribution >= 4 is 33.4 Å². The van der Waals surface area contributed by atoms with Gasteiger partial charge in [-0.15, -0.1) is 11.3 Å². The van der Waals surface area contributed by atoms with Crippen LogP contribution in [0, 0.1) is 18.8 Å². The topological polar surface area (TPSA) is 54.3 Å². The first-order valence-electron chi connectivity index (χ1n) is 12.0. The summed E-state index contributed by atoms with van der Waals surface area (Å²) in [6, 6.07) is 12.3. The van der Waals surface area contributed by atoms with Crippen LogP contribution in [0.25, 0.3) is 10.2 Å². The molecular weight excluding hydrogens is 430 g/mol. The Kier molecular flexibility index (Phi) is 5.60. The van der Waals surface area contributed by atoms with Crippen molar-refractivity contribution in [1.82, 2.24) is 14.8 Å². The summed E-state index contributed by atoms with van der Waals surface area (Å²) in [6.45, 7) is 9.40. The molecule has 0 bridgehead atoms. The molecule has 3 heterocycles. The molecule has 6 heteroatoms. The van der Waals surface area contributed by atoms with Crippen LogP contribution in [0.3, 0.4) is 0 Å². The first kappa shape index (κ1) is 22.2. The number of fused-ring (bicyclic) bond motifs is 3. The molecule has 33 heavy (non-hydrogen) atoms. The minimum Gasteiger partial charge on any atom is -0.351 e. The molecule has 1 aromatic carbocycles. The molecule has 1 aliphatic carbocycles. The van der Waals surface area contributed by atoms with Crippen LogP contribution < -0.4 is 5.32 Å². The van der Waals surface area contributed by atoms with Gasteiger partial charge in [0.15, 0.2) is 0 Å². The van der Waals surface area contributed by atoms with Crippen LogP contribution in [0.5, 0.6) is 0 Å². The standard InChI is InChI=1S/C27H33N3O2S/c1-17-9-7-11-21(19(17)3)28-26(32)27(4)16-29-22-12-13-33-24(22)14-23(29)25(31)30(27)15-20-10-6-5-8-18(20)2/h5-6,8,10,12-14,17,19,21H,7,9,11,15-16H2,1-4H3,(H,28,32)/t17-,19+,21+,27+/m0/s1. The van der Waals surface area contributed by atoms with Crippen molar-refractivity contribution in [2.24, 2.45) is 11.8 Å². The summed E-state index contributed by atoms with van der Waals surface area (Å²) in [5.74, 6) is 0.907. The maximum absolute atomic E-state index is 14.0. The van der Waals surface area contributed by atoms with Gasteiger partial charge in [0, 0.05) is 12.6 Å². The van der Waals surface area contributed by atoms with Gasteiger partial charge in [0.25, 0.3) is 5.91 Å². The number of aryl methyl sites for hydroxylation is 1. The number of amides is 2. The number of nitrogens with zero attached hydrogens (tertiary/aromatic N) is 2. The Bertz CT molecular complexity index is 1210. The molecule has 174 valence electrons. The molecule has 0 spiro atoms. The quantitative estimate of drug-likeness (QED) is 0.566. The fourth-order valence-electron chi connectivity index (χ4n) is 5.59. The fourth-order valence-corrected chi connectivity index (χ4v) is 6.41. The molecular formula is C27H33N3O2S. The van der Waals surface area contributed by atoms with E-state index in [0.29, 0.717) is 30.6 Å². The van der Waals surface area contributed by atoms with Crippen LogP contribution in [-0.4, -0.2) is 32.9 Å². The van der Waals surface area contributed by atoms with Gasteiger partial charge < -0.3 is 14.8 Å². The van der Waals surface area contributed by atoms with Crippen LogP contribution in [0.1, 0.15) is 61.6 Å². The zero-order valence-corrected chi connectivity index (χ0v) is 20.7. The third kappa shape index (κ3) is 3.68. The van der Waals surface area contributed by atoms with Gasteiger partial charge in [0.2, 0.25) is 5.91 Å². The highest BCUT2D eigenvalue weighted by Crippen LogP contribution is 2.36. The Hall–Kier alpha value is -2.60. The molecule has 1 saturated carbocycles. The van der Waals surface area contributed by atoms with Gasteiger partial charge in [-0.2, -0.15) is 0 Å². The molecule has 5 rings (SSSR count). The molecule has 4 atom stereocenters. The van der Waals surface area contributed by atoms with E-state index < -0.39 is 5.54 Å². The molecule has 3 aromatic rings. The maximum atomic E-state index is 14.0. The van der Waals surface area contributed by atoms with Gasteiger partial charge >= 0.3 is 0 Å². The summed E-state index contributed by atoms with van der Waals surface area (Å²) in [5.41, 5.74) is 2.95. The average molecular weight is 464 g/mol. The first-order valence-corrected chi connectivity index (χ1v) is 12.9. The summed E-state index contributed by atoms with van der Waals surface area (Å²) >= 11 is 1.64. The Balaban J connectivity index is 1.54. The molecule has 0 saturated heterocycles. The molecule has 2 amide bonds. The van der Waals surface area contributed by atoms with E-state index in [2.05, 4.69) is 48.9 Å². The smallest absolute Gasteiger partial charge is 0.271 e. The van der Waals surface area contributed by atoms with Gasteiger partial charge in [-0.25, -0.2) is 0 Å². The van der Waals surface area contributed by atoms with Crippen molar-refractivity contribution in [3.63, 3.8) is 0 Å². The number of hydrogen-bond donors (Lipinski definition) is 1. The zero-order valence-electron chi connectivity index (χ0n) is 19.9. The maximum Gasteiger partial charge on any atom is 0.271 e. The predicted molar refractivity (Wildman–Crippen MR) is 133 cm³/mol. The molecule has 2 aromatic heterocycles. The minimum absolute atomic E-state index is 0.0434. The van der Waals surface area contributed by atoms with E-state index >= 15 is 0 Å². The number of benzene rings is 1. The van der Waals surface area contributed by atoms with E-state index in [1.165, 1.54) is 6.42 Å². The number of carbonyl (C=O) groups excluding carboxylic acids is 2. The number of thiophene rings is 1. The highest BCUT2D eigenvalue weighted by Gasteiger charge is 2.48. The van der Waals surface area contributed by atoms with Gasteiger partial charge in [-0.1, -0.05) is 51.0 Å². The Labute approximate surface area is 199 Å². The number of hydrogen-bond acceptors (Lipinski definition) is 3. The van der Waals surface area contributed by atoms with Crippen LogP contribution >= 0.6 is 11.3 Å². The molecule has 0 unspecified atom stereocenters. The van der Waals surface area contributed by atoms with E-state index in [1.807, 2.05) is 30.5 Å². The fraction of sp³-hybridized carbons (Fsp3) is 0.481. The second-order valence-corrected chi connectivity index (χ2v) is 11.2. The number of rotatable bonds is 4. The third-order valence-corrected chi connectivity index (χ3v) is 9.00. The molecule has 5 nitrogen and oxygen atoms in total. The Morgan fingerprint density at radius 1 is 1.21 bits per heavy atom. The number of nitrogens with one attached hydrogen (secondary N) is 1. The van der Waals surface area contributed by atoms with Gasteiger partial charge in [-0.05, 0) is 60.7 Å². The van der Waals surface area contributed by atoms with Gasteiger partial charge in [-0.3, -0.25) is 9.59 Å². The molecule has 1 N–H and O–H groups in total. The second-order valence-electron chi connectivity index (χ2n) is 10.2. The lowest BCUT2D eigenvalue weighted by atomic mass is 9.77. The average Bonchev–Trinajstić information content (AvgIpc) is 3.38. The predicted octanol–water partition coefficient (Wildman–Crippen LogP) is 5.37. The zero-order chi connectivity index (χ0) is 23.3. The van der Waals surface area contributed by atoms with E-state index in [9.17, 15) is 9.59 Å². The van der Waals surface area contributed by atoms with Gasteiger partial charge in [0.1, 0.15) is 11.2 Å². The van der Waals surface area contributed by atoms with E-state index in [-0.39, 0.29) is 17.9 Å². The van der Waals surface area contributed by atoms with E-state index in [0.717, 1.165) is 34.2 Å². The minimum atomic E-state index is -0.972. The third-order valence-electron chi connectivity index (χ3n) is 8.15. The van der Waals surface area contributed by atoms with Crippen molar-refractivity contribution in [2.45, 2.75) is 71.6 Å². The summed E-state index contributed by atoms with van der Waals surface area (Å²) < 4.78 is 3.14. The molecule has 0 radical (unpaired) electrons. The van der Waals surface area contributed by atoms with Crippen molar-refractivity contribution in [2.75, 3.05) is 0 Å². The first-order chi connectivity index (χ1) is 15.8. The van der Waals surface area contributed by atoms with Crippen molar-refractivity contribution in [1.29, 1.82) is 0 Å². The lowest BCUT2D eigenvalue weighted by Gasteiger charge is -2.46. The Morgan fingerprint density at radius 2 is 2.00 bits per heavy atom. The number of aromatic nitrogens is 1. The monoisotopic (exact) mass is 463 g/mol. The van der Waals surface area contributed by atoms with Crippen molar-refractivity contribution in [3.05, 3.63) is 58.6 Å². The lowest BCUT2D eigenvalue weighted by molar-refractivity contribution is -0.134. The van der Waals surface area contributed by atoms with Crippen LogP contribution in [0.2, 0.25) is 0 Å². The normalized spacial score (nSPS) is 27.6. The molecule has 1 fully saturated rings. The SMILES string of the molecule is Cc1ccccc1CN1C(=O)c2cc3sccc3n2C[C@]1(C)C(=O)N[C@@H]1CCC[C@H](C)[C@H]1C. The Morgan fingerprint density at radius 3 is 2.79 bits per heavy atom.